The van der Waals surface area contributed by atoms with E-state index in [0.717, 1.165) is 31.0 Å². The maximum Gasteiger partial charge on any atom is 0.373 e. The van der Waals surface area contributed by atoms with Gasteiger partial charge < -0.3 is 13.9 Å². The Bertz CT molecular complexity index is 656. The molecule has 6 nitrogen and oxygen atoms in total. The number of carbonyl (C=O) groups excluding carboxylic acids is 1. The van der Waals surface area contributed by atoms with Crippen molar-refractivity contribution in [3.63, 3.8) is 0 Å². The Morgan fingerprint density at radius 2 is 2.13 bits per heavy atom. The number of methoxy groups -OCH3 is 1. The van der Waals surface area contributed by atoms with E-state index in [9.17, 15) is 4.79 Å². The number of likely N-dealkylation sites (tertiary alicyclic amines) is 1. The van der Waals surface area contributed by atoms with Crippen molar-refractivity contribution in [2.24, 2.45) is 0 Å². The highest BCUT2D eigenvalue weighted by molar-refractivity contribution is 5.86. The summed E-state index contributed by atoms with van der Waals surface area (Å²) < 4.78 is 16.2. The lowest BCUT2D eigenvalue weighted by atomic mass is 10.2. The third-order valence-electron chi connectivity index (χ3n) is 4.10. The molecule has 0 N–H and O–H groups in total. The molecule has 0 unspecified atom stereocenters. The fourth-order valence-corrected chi connectivity index (χ4v) is 2.78. The quantitative estimate of drug-likeness (QED) is 0.790. The number of aromatic nitrogens is 1. The Balaban J connectivity index is 1.60. The third kappa shape index (κ3) is 3.53. The van der Waals surface area contributed by atoms with Gasteiger partial charge in [-0.3, -0.25) is 9.88 Å². The van der Waals surface area contributed by atoms with Crippen LogP contribution in [0.25, 0.3) is 0 Å². The zero-order valence-electron chi connectivity index (χ0n) is 13.3. The molecule has 6 heteroatoms. The molecule has 1 aliphatic heterocycles. The fourth-order valence-electron chi connectivity index (χ4n) is 2.78. The van der Waals surface area contributed by atoms with Gasteiger partial charge in [-0.1, -0.05) is 0 Å². The first-order chi connectivity index (χ1) is 11.2. The summed E-state index contributed by atoms with van der Waals surface area (Å²) in [7, 11) is 1.34. The maximum atomic E-state index is 11.5. The highest BCUT2D eigenvalue weighted by Gasteiger charge is 2.30. The Kier molecular flexibility index (Phi) is 4.62. The fraction of sp³-hybridized carbons (Fsp3) is 0.412. The molecule has 0 bridgehead atoms. The van der Waals surface area contributed by atoms with Gasteiger partial charge in [-0.05, 0) is 37.6 Å². The standard InChI is InChI=1S/C17H20N2O4/c1-12(15-3-4-16(23-15)17(20)21-2)19-10-7-14(11-19)22-13-5-8-18-9-6-13/h3-6,8-9,12,14H,7,10-11H2,1-2H3/t12-,14+/m1/s1. The molecule has 2 aromatic heterocycles. The van der Waals surface area contributed by atoms with Gasteiger partial charge in [-0.25, -0.2) is 4.79 Å². The number of furan rings is 1. The highest BCUT2D eigenvalue weighted by Crippen LogP contribution is 2.28. The minimum absolute atomic E-state index is 0.0828. The van der Waals surface area contributed by atoms with Gasteiger partial charge in [0.2, 0.25) is 5.76 Å². The van der Waals surface area contributed by atoms with Crippen molar-refractivity contribution in [2.75, 3.05) is 20.2 Å². The highest BCUT2D eigenvalue weighted by atomic mass is 16.5. The van der Waals surface area contributed by atoms with E-state index in [-0.39, 0.29) is 17.9 Å². The zero-order valence-corrected chi connectivity index (χ0v) is 13.3. The van der Waals surface area contributed by atoms with Crippen molar-refractivity contribution < 1.29 is 18.7 Å². The van der Waals surface area contributed by atoms with Crippen molar-refractivity contribution in [3.8, 4) is 5.75 Å². The van der Waals surface area contributed by atoms with E-state index < -0.39 is 5.97 Å². The van der Waals surface area contributed by atoms with Crippen LogP contribution in [-0.4, -0.2) is 42.2 Å². The van der Waals surface area contributed by atoms with Gasteiger partial charge in [0.25, 0.3) is 0 Å². The van der Waals surface area contributed by atoms with Crippen LogP contribution in [0, 0.1) is 0 Å². The first kappa shape index (κ1) is 15.6. The van der Waals surface area contributed by atoms with E-state index in [2.05, 4.69) is 21.5 Å². The number of esters is 1. The van der Waals surface area contributed by atoms with Crippen LogP contribution >= 0.6 is 0 Å². The predicted molar refractivity (Wildman–Crippen MR) is 83.3 cm³/mol. The molecule has 1 fully saturated rings. The molecule has 0 spiro atoms. The molecule has 0 radical (unpaired) electrons. The Morgan fingerprint density at radius 1 is 1.35 bits per heavy atom. The summed E-state index contributed by atoms with van der Waals surface area (Å²) in [4.78, 5) is 17.7. The summed E-state index contributed by atoms with van der Waals surface area (Å²) in [5.74, 6) is 1.38. The molecule has 3 rings (SSSR count). The van der Waals surface area contributed by atoms with Crippen molar-refractivity contribution in [2.45, 2.75) is 25.5 Å². The number of nitrogens with zero attached hydrogens (tertiary/aromatic N) is 2. The minimum Gasteiger partial charge on any atom is -0.489 e. The van der Waals surface area contributed by atoms with Crippen LogP contribution in [0.2, 0.25) is 0 Å². The molecular formula is C17H20N2O4. The van der Waals surface area contributed by atoms with Crippen LogP contribution in [0.1, 0.15) is 35.7 Å². The van der Waals surface area contributed by atoms with E-state index in [1.54, 1.807) is 18.5 Å². The number of hydrogen-bond donors (Lipinski definition) is 0. The van der Waals surface area contributed by atoms with Gasteiger partial charge in [0.1, 0.15) is 17.6 Å². The van der Waals surface area contributed by atoms with Crippen molar-refractivity contribution in [1.29, 1.82) is 0 Å². The normalized spacial score (nSPS) is 19.5. The lowest BCUT2D eigenvalue weighted by Gasteiger charge is -2.22. The van der Waals surface area contributed by atoms with Crippen LogP contribution in [0.15, 0.2) is 41.1 Å². The second-order valence-corrected chi connectivity index (χ2v) is 5.58. The van der Waals surface area contributed by atoms with Crippen LogP contribution in [0.3, 0.4) is 0 Å². The largest absolute Gasteiger partial charge is 0.489 e. The second-order valence-electron chi connectivity index (χ2n) is 5.58. The van der Waals surface area contributed by atoms with Crippen LogP contribution in [0.4, 0.5) is 0 Å². The van der Waals surface area contributed by atoms with Crippen molar-refractivity contribution in [1.82, 2.24) is 9.88 Å². The van der Waals surface area contributed by atoms with Gasteiger partial charge in [-0.15, -0.1) is 0 Å². The number of hydrogen-bond acceptors (Lipinski definition) is 6. The minimum atomic E-state index is -0.455. The zero-order chi connectivity index (χ0) is 16.2. The van der Waals surface area contributed by atoms with Gasteiger partial charge in [0.05, 0.1) is 13.2 Å². The van der Waals surface area contributed by atoms with Crippen LogP contribution < -0.4 is 4.74 Å². The first-order valence-electron chi connectivity index (χ1n) is 7.66. The number of pyridine rings is 1. The van der Waals surface area contributed by atoms with E-state index >= 15 is 0 Å². The van der Waals surface area contributed by atoms with Crippen molar-refractivity contribution in [3.05, 3.63) is 48.2 Å². The summed E-state index contributed by atoms with van der Waals surface area (Å²) in [6.07, 6.45) is 4.55. The molecule has 0 aliphatic carbocycles. The average Bonchev–Trinajstić information content (AvgIpc) is 3.24. The van der Waals surface area contributed by atoms with Gasteiger partial charge in [0.15, 0.2) is 0 Å². The summed E-state index contributed by atoms with van der Waals surface area (Å²) in [5, 5.41) is 0. The van der Waals surface area contributed by atoms with Crippen LogP contribution in [0.5, 0.6) is 5.75 Å². The van der Waals surface area contributed by atoms with E-state index in [0.29, 0.717) is 0 Å². The van der Waals surface area contributed by atoms with Crippen LogP contribution in [-0.2, 0) is 4.74 Å². The van der Waals surface area contributed by atoms with Gasteiger partial charge in [0, 0.05) is 25.5 Å². The molecular weight excluding hydrogens is 296 g/mol. The van der Waals surface area contributed by atoms with Gasteiger partial charge in [-0.2, -0.15) is 0 Å². The molecule has 0 amide bonds. The number of ether oxygens (including phenoxy) is 2. The Labute approximate surface area is 135 Å². The summed E-state index contributed by atoms with van der Waals surface area (Å²) in [6, 6.07) is 7.29. The smallest absolute Gasteiger partial charge is 0.373 e. The molecule has 0 saturated carbocycles. The Morgan fingerprint density at radius 3 is 2.87 bits per heavy atom. The molecule has 1 aliphatic rings. The monoisotopic (exact) mass is 316 g/mol. The Hall–Kier alpha value is -2.34. The molecule has 0 aromatic carbocycles. The lowest BCUT2D eigenvalue weighted by molar-refractivity contribution is 0.0559. The van der Waals surface area contributed by atoms with E-state index in [1.165, 1.54) is 7.11 Å². The summed E-state index contributed by atoms with van der Waals surface area (Å²) in [6.45, 7) is 3.80. The first-order valence-corrected chi connectivity index (χ1v) is 7.66. The molecule has 23 heavy (non-hydrogen) atoms. The second kappa shape index (κ2) is 6.83. The summed E-state index contributed by atoms with van der Waals surface area (Å²) in [5.41, 5.74) is 0. The predicted octanol–water partition coefficient (Wildman–Crippen LogP) is 2.68. The third-order valence-corrected chi connectivity index (χ3v) is 4.10. The lowest BCUT2D eigenvalue weighted by Crippen LogP contribution is -2.27. The topological polar surface area (TPSA) is 64.8 Å². The summed E-state index contributed by atoms with van der Waals surface area (Å²) >= 11 is 0. The molecule has 3 heterocycles. The SMILES string of the molecule is COC(=O)c1ccc([C@@H](C)N2CC[C@H](Oc3ccncc3)C2)o1. The van der Waals surface area contributed by atoms with E-state index in [4.69, 9.17) is 9.15 Å². The van der Waals surface area contributed by atoms with Gasteiger partial charge >= 0.3 is 5.97 Å². The molecule has 1 saturated heterocycles. The molecule has 2 aromatic rings. The van der Waals surface area contributed by atoms with E-state index in [1.807, 2.05) is 18.2 Å². The number of rotatable bonds is 5. The molecule has 2 atom stereocenters. The maximum absolute atomic E-state index is 11.5. The van der Waals surface area contributed by atoms with Crippen molar-refractivity contribution >= 4 is 5.97 Å². The molecule has 122 valence electrons. The number of carbonyl (C=O) groups is 1. The average molecular weight is 316 g/mol.